The summed E-state index contributed by atoms with van der Waals surface area (Å²) in [6.45, 7) is 9.46. The molecule has 1 aliphatic rings. The van der Waals surface area contributed by atoms with Gasteiger partial charge in [0, 0.05) is 24.7 Å². The molecule has 1 N–H and O–H groups in total. The van der Waals surface area contributed by atoms with Crippen LogP contribution in [0.2, 0.25) is 0 Å². The molecule has 1 aromatic carbocycles. The van der Waals surface area contributed by atoms with E-state index in [0.29, 0.717) is 44.0 Å². The third-order valence-corrected chi connectivity index (χ3v) is 4.97. The first kappa shape index (κ1) is 20.0. The van der Waals surface area contributed by atoms with Gasteiger partial charge in [-0.25, -0.2) is 14.8 Å². The first-order chi connectivity index (χ1) is 13.3. The molecule has 7 heteroatoms. The fourth-order valence-corrected chi connectivity index (χ4v) is 3.18. The van der Waals surface area contributed by atoms with Gasteiger partial charge in [-0.2, -0.15) is 0 Å². The van der Waals surface area contributed by atoms with Gasteiger partial charge in [0.25, 0.3) is 5.91 Å². The summed E-state index contributed by atoms with van der Waals surface area (Å²) in [4.78, 5) is 35.4. The maximum absolute atomic E-state index is 12.6. The molecule has 2 aromatic rings. The van der Waals surface area contributed by atoms with Crippen molar-refractivity contribution in [3.05, 3.63) is 35.2 Å². The van der Waals surface area contributed by atoms with Crippen molar-refractivity contribution >= 4 is 23.0 Å². The molecule has 28 heavy (non-hydrogen) atoms. The molecule has 0 atom stereocenters. The van der Waals surface area contributed by atoms with Gasteiger partial charge in [0.2, 0.25) is 0 Å². The summed E-state index contributed by atoms with van der Waals surface area (Å²) >= 11 is 0. The lowest BCUT2D eigenvalue weighted by atomic mass is 10.0. The van der Waals surface area contributed by atoms with Gasteiger partial charge >= 0.3 is 6.09 Å². The van der Waals surface area contributed by atoms with Gasteiger partial charge in [-0.15, -0.1) is 0 Å². The number of aryl methyl sites for hydroxylation is 2. The van der Waals surface area contributed by atoms with Crippen molar-refractivity contribution in [2.24, 2.45) is 5.92 Å². The zero-order valence-corrected chi connectivity index (χ0v) is 17.0. The van der Waals surface area contributed by atoms with Crippen LogP contribution in [0.25, 0.3) is 11.0 Å². The molecule has 0 spiro atoms. The Hall–Kier alpha value is -2.70. The number of benzene rings is 1. The van der Waals surface area contributed by atoms with Crippen LogP contribution in [0.1, 0.15) is 48.4 Å². The van der Waals surface area contributed by atoms with Crippen LogP contribution >= 0.6 is 0 Å². The van der Waals surface area contributed by atoms with E-state index in [2.05, 4.69) is 15.3 Å². The summed E-state index contributed by atoms with van der Waals surface area (Å²) in [6, 6.07) is 5.43. The van der Waals surface area contributed by atoms with Crippen LogP contribution in [-0.2, 0) is 4.74 Å². The minimum atomic E-state index is -0.266. The molecule has 1 saturated heterocycles. The molecule has 0 aliphatic carbocycles. The first-order valence-electron chi connectivity index (χ1n) is 9.81. The van der Waals surface area contributed by atoms with Gasteiger partial charge in [-0.3, -0.25) is 4.79 Å². The largest absolute Gasteiger partial charge is 0.449 e. The normalized spacial score (nSPS) is 15.1. The number of nitrogens with one attached hydrogen (secondary N) is 1. The smallest absolute Gasteiger partial charge is 0.409 e. The Balaban J connectivity index is 1.56. The second kappa shape index (κ2) is 8.54. The molecule has 150 valence electrons. The summed E-state index contributed by atoms with van der Waals surface area (Å²) in [7, 11) is 0. The first-order valence-corrected chi connectivity index (χ1v) is 9.81. The second-order valence-corrected chi connectivity index (χ2v) is 7.80. The third-order valence-electron chi connectivity index (χ3n) is 4.97. The molecule has 1 aliphatic heterocycles. The number of amides is 2. The predicted molar refractivity (Wildman–Crippen MR) is 107 cm³/mol. The minimum Gasteiger partial charge on any atom is -0.449 e. The van der Waals surface area contributed by atoms with Gasteiger partial charge in [0.05, 0.1) is 29.0 Å². The van der Waals surface area contributed by atoms with Crippen molar-refractivity contribution in [2.75, 3.05) is 19.7 Å². The predicted octanol–water partition coefficient (Wildman–Crippen LogP) is 3.23. The van der Waals surface area contributed by atoms with Crippen molar-refractivity contribution in [1.82, 2.24) is 20.2 Å². The zero-order valence-electron chi connectivity index (χ0n) is 17.0. The van der Waals surface area contributed by atoms with E-state index < -0.39 is 0 Å². The summed E-state index contributed by atoms with van der Waals surface area (Å²) in [5.41, 5.74) is 3.83. The van der Waals surface area contributed by atoms with E-state index in [1.807, 2.05) is 33.8 Å². The van der Waals surface area contributed by atoms with Gasteiger partial charge in [-0.05, 0) is 50.8 Å². The van der Waals surface area contributed by atoms with Crippen molar-refractivity contribution in [2.45, 2.75) is 46.6 Å². The van der Waals surface area contributed by atoms with Crippen molar-refractivity contribution in [3.8, 4) is 0 Å². The highest BCUT2D eigenvalue weighted by Crippen LogP contribution is 2.16. The van der Waals surface area contributed by atoms with Crippen molar-refractivity contribution < 1.29 is 14.3 Å². The molecule has 0 unspecified atom stereocenters. The molecule has 2 amide bonds. The standard InChI is InChI=1S/C21H28N4O3/c1-13(2)12-28-21(27)25-9-7-17(8-10-25)24-20(26)16-5-6-18-19(11-16)23-15(4)14(3)22-18/h5-6,11,13,17H,7-10,12H2,1-4H3,(H,24,26). The highest BCUT2D eigenvalue weighted by Gasteiger charge is 2.25. The van der Waals surface area contributed by atoms with Crippen LogP contribution in [0.5, 0.6) is 0 Å². The number of nitrogens with zero attached hydrogens (tertiary/aromatic N) is 3. The molecule has 7 nitrogen and oxygen atoms in total. The molecule has 0 bridgehead atoms. The third kappa shape index (κ3) is 4.77. The Morgan fingerprint density at radius 2 is 1.79 bits per heavy atom. The molecule has 0 radical (unpaired) electrons. The monoisotopic (exact) mass is 384 g/mol. The van der Waals surface area contributed by atoms with Gasteiger partial charge in [0.15, 0.2) is 0 Å². The molecule has 3 rings (SSSR count). The molecule has 2 heterocycles. The number of carbonyl (C=O) groups excluding carboxylic acids is 2. The van der Waals surface area contributed by atoms with Crippen LogP contribution in [0, 0.1) is 19.8 Å². The lowest BCUT2D eigenvalue weighted by Crippen LogP contribution is -2.46. The molecule has 1 aromatic heterocycles. The molecule has 1 fully saturated rings. The SMILES string of the molecule is Cc1nc2ccc(C(=O)NC3CCN(C(=O)OCC(C)C)CC3)cc2nc1C. The van der Waals surface area contributed by atoms with Crippen LogP contribution < -0.4 is 5.32 Å². The van der Waals surface area contributed by atoms with Gasteiger partial charge in [-0.1, -0.05) is 13.8 Å². The van der Waals surface area contributed by atoms with Crippen LogP contribution in [0.3, 0.4) is 0 Å². The summed E-state index contributed by atoms with van der Waals surface area (Å²) in [6.07, 6.45) is 1.17. The number of likely N-dealkylation sites (tertiary alicyclic amines) is 1. The molecular formula is C21H28N4O3. The van der Waals surface area contributed by atoms with E-state index >= 15 is 0 Å². The van der Waals surface area contributed by atoms with Gasteiger partial charge < -0.3 is 15.0 Å². The summed E-state index contributed by atoms with van der Waals surface area (Å²) in [5.74, 6) is 0.197. The van der Waals surface area contributed by atoms with Crippen LogP contribution in [0.4, 0.5) is 4.79 Å². The van der Waals surface area contributed by atoms with E-state index in [1.165, 1.54) is 0 Å². The number of hydrogen-bond donors (Lipinski definition) is 1. The average molecular weight is 384 g/mol. The summed E-state index contributed by atoms with van der Waals surface area (Å²) < 4.78 is 5.27. The van der Waals surface area contributed by atoms with Crippen molar-refractivity contribution in [3.63, 3.8) is 0 Å². The zero-order chi connectivity index (χ0) is 20.3. The van der Waals surface area contributed by atoms with Crippen molar-refractivity contribution in [1.29, 1.82) is 0 Å². The fraction of sp³-hybridized carbons (Fsp3) is 0.524. The van der Waals surface area contributed by atoms with E-state index in [-0.39, 0.29) is 18.0 Å². The Kier molecular flexibility index (Phi) is 6.11. The fourth-order valence-electron chi connectivity index (χ4n) is 3.18. The quantitative estimate of drug-likeness (QED) is 0.875. The number of carbonyl (C=O) groups is 2. The molecule has 0 saturated carbocycles. The number of piperidine rings is 1. The minimum absolute atomic E-state index is 0.0446. The second-order valence-electron chi connectivity index (χ2n) is 7.80. The average Bonchev–Trinajstić information content (AvgIpc) is 2.67. The van der Waals surface area contributed by atoms with E-state index in [4.69, 9.17) is 4.74 Å². The van der Waals surface area contributed by atoms with E-state index in [0.717, 1.165) is 22.4 Å². The Morgan fingerprint density at radius 3 is 2.43 bits per heavy atom. The topological polar surface area (TPSA) is 84.4 Å². The molecular weight excluding hydrogens is 356 g/mol. The maximum Gasteiger partial charge on any atom is 0.409 e. The summed E-state index contributed by atoms with van der Waals surface area (Å²) in [5, 5.41) is 3.07. The number of hydrogen-bond acceptors (Lipinski definition) is 5. The van der Waals surface area contributed by atoms with E-state index in [9.17, 15) is 9.59 Å². The number of aromatic nitrogens is 2. The van der Waals surface area contributed by atoms with Crippen LogP contribution in [-0.4, -0.2) is 52.6 Å². The number of rotatable bonds is 4. The lowest BCUT2D eigenvalue weighted by Gasteiger charge is -2.31. The Bertz CT molecular complexity index is 873. The number of ether oxygens (including phenoxy) is 1. The lowest BCUT2D eigenvalue weighted by molar-refractivity contribution is 0.0785. The Morgan fingerprint density at radius 1 is 1.14 bits per heavy atom. The highest BCUT2D eigenvalue weighted by molar-refractivity contribution is 5.97. The van der Waals surface area contributed by atoms with E-state index in [1.54, 1.807) is 17.0 Å². The van der Waals surface area contributed by atoms with Gasteiger partial charge in [0.1, 0.15) is 0 Å². The number of fused-ring (bicyclic) bond motifs is 1. The maximum atomic E-state index is 12.6. The van der Waals surface area contributed by atoms with Crippen LogP contribution in [0.15, 0.2) is 18.2 Å². The highest BCUT2D eigenvalue weighted by atomic mass is 16.6. The Labute approximate surface area is 165 Å².